The van der Waals surface area contributed by atoms with E-state index in [1.165, 1.54) is 23.1 Å². The van der Waals surface area contributed by atoms with Crippen LogP contribution in [0.2, 0.25) is 0 Å². The highest BCUT2D eigenvalue weighted by molar-refractivity contribution is 5.86. The molecule has 2 aliphatic heterocycles. The van der Waals surface area contributed by atoms with Gasteiger partial charge in [-0.15, -0.1) is 0 Å². The van der Waals surface area contributed by atoms with Gasteiger partial charge in [-0.1, -0.05) is 13.8 Å². The molecule has 0 spiro atoms. The number of esters is 1. The van der Waals surface area contributed by atoms with Crippen molar-refractivity contribution in [3.8, 4) is 17.2 Å². The van der Waals surface area contributed by atoms with Crippen LogP contribution in [-0.4, -0.2) is 59.7 Å². The molecule has 3 atom stereocenters. The van der Waals surface area contributed by atoms with Crippen molar-refractivity contribution in [1.82, 2.24) is 4.90 Å². The number of amides is 2. The Morgan fingerprint density at radius 1 is 1.28 bits per heavy atom. The van der Waals surface area contributed by atoms with E-state index in [2.05, 4.69) is 0 Å². The number of ether oxygens (including phenoxy) is 3. The van der Waals surface area contributed by atoms with Crippen molar-refractivity contribution in [3.63, 3.8) is 0 Å². The zero-order valence-electron chi connectivity index (χ0n) is 16.5. The Bertz CT molecular complexity index is 795. The minimum atomic E-state index is -1.06. The first-order valence-corrected chi connectivity index (χ1v) is 9.67. The Morgan fingerprint density at radius 2 is 2.03 bits per heavy atom. The van der Waals surface area contributed by atoms with Crippen LogP contribution in [-0.2, 0) is 19.1 Å². The fraction of sp³-hybridized carbons (Fsp3) is 0.550. The Balaban J connectivity index is 1.66. The summed E-state index contributed by atoms with van der Waals surface area (Å²) in [6.45, 7) is 4.20. The van der Waals surface area contributed by atoms with Gasteiger partial charge in [-0.25, -0.2) is 4.79 Å². The molecule has 0 bridgehead atoms. The topological polar surface area (TPSA) is 128 Å². The van der Waals surface area contributed by atoms with Crippen LogP contribution in [0.3, 0.4) is 0 Å². The van der Waals surface area contributed by atoms with Crippen LogP contribution >= 0.6 is 0 Å². The Labute approximate surface area is 168 Å². The number of nitrogens with two attached hydrogens (primary N) is 1. The molecule has 9 heteroatoms. The molecular weight excluding hydrogens is 380 g/mol. The third-order valence-electron chi connectivity index (χ3n) is 5.08. The third-order valence-corrected chi connectivity index (χ3v) is 5.08. The molecule has 0 aliphatic carbocycles. The summed E-state index contributed by atoms with van der Waals surface area (Å²) in [7, 11) is 0. The van der Waals surface area contributed by atoms with Gasteiger partial charge in [0.15, 0.2) is 17.6 Å². The largest absolute Gasteiger partial charge is 0.508 e. The van der Waals surface area contributed by atoms with Crippen LogP contribution in [0.1, 0.15) is 26.7 Å². The Hall–Kier alpha value is -2.97. The normalized spacial score (nSPS) is 22.1. The zero-order valence-corrected chi connectivity index (χ0v) is 16.5. The molecule has 1 fully saturated rings. The maximum Gasteiger partial charge on any atom is 0.351 e. The Kier molecular flexibility index (Phi) is 6.14. The summed E-state index contributed by atoms with van der Waals surface area (Å²) in [6, 6.07) is 4.34. The Morgan fingerprint density at radius 3 is 2.72 bits per heavy atom. The second-order valence-electron chi connectivity index (χ2n) is 7.68. The highest BCUT2D eigenvalue weighted by Crippen LogP contribution is 2.35. The number of fused-ring (bicyclic) bond motifs is 1. The van der Waals surface area contributed by atoms with Gasteiger partial charge in [0.25, 0.3) is 5.91 Å². The quantitative estimate of drug-likeness (QED) is 0.693. The molecule has 0 aromatic heterocycles. The number of hydrogen-bond acceptors (Lipinski definition) is 7. The highest BCUT2D eigenvalue weighted by atomic mass is 16.6. The van der Waals surface area contributed by atoms with Gasteiger partial charge in [0.2, 0.25) is 12.0 Å². The van der Waals surface area contributed by atoms with E-state index in [-0.39, 0.29) is 36.5 Å². The molecular formula is C20H26N2O7. The lowest BCUT2D eigenvalue weighted by Gasteiger charge is -2.35. The van der Waals surface area contributed by atoms with Crippen molar-refractivity contribution in [2.75, 3.05) is 19.7 Å². The third kappa shape index (κ3) is 4.72. The standard InChI is InChI=1S/C20H26N2O7/c1-11(2)17(19(25)22-7-3-4-12(9-22)18(21)24)29-20(26)16-10-27-14-6-5-13(23)8-15(14)28-16/h5-6,8,11-12,16-17,23H,3-4,7,9-10H2,1-2H3,(H2,21,24). The zero-order chi connectivity index (χ0) is 21.1. The van der Waals surface area contributed by atoms with Crippen LogP contribution in [0.15, 0.2) is 18.2 Å². The first-order valence-electron chi connectivity index (χ1n) is 9.67. The van der Waals surface area contributed by atoms with Gasteiger partial charge >= 0.3 is 5.97 Å². The van der Waals surface area contributed by atoms with Gasteiger partial charge in [0.05, 0.1) is 5.92 Å². The number of aromatic hydroxyl groups is 1. The summed E-state index contributed by atoms with van der Waals surface area (Å²) in [5, 5.41) is 9.57. The van der Waals surface area contributed by atoms with E-state index in [4.69, 9.17) is 19.9 Å². The molecule has 1 aromatic rings. The van der Waals surface area contributed by atoms with Crippen LogP contribution in [0, 0.1) is 11.8 Å². The number of piperidine rings is 1. The molecule has 2 aliphatic rings. The first kappa shape index (κ1) is 20.8. The van der Waals surface area contributed by atoms with E-state index >= 15 is 0 Å². The fourth-order valence-electron chi connectivity index (χ4n) is 3.44. The van der Waals surface area contributed by atoms with Crippen LogP contribution in [0.5, 0.6) is 17.2 Å². The maximum absolute atomic E-state index is 13.0. The lowest BCUT2D eigenvalue weighted by Crippen LogP contribution is -2.51. The molecule has 158 valence electrons. The summed E-state index contributed by atoms with van der Waals surface area (Å²) >= 11 is 0. The van der Waals surface area contributed by atoms with Gasteiger partial charge in [0.1, 0.15) is 12.4 Å². The number of rotatable bonds is 5. The number of hydrogen-bond donors (Lipinski definition) is 2. The van der Waals surface area contributed by atoms with Crippen molar-refractivity contribution in [2.45, 2.75) is 38.9 Å². The maximum atomic E-state index is 13.0. The van der Waals surface area contributed by atoms with Crippen molar-refractivity contribution in [1.29, 1.82) is 0 Å². The highest BCUT2D eigenvalue weighted by Gasteiger charge is 2.37. The second-order valence-corrected chi connectivity index (χ2v) is 7.68. The second kappa shape index (κ2) is 8.59. The summed E-state index contributed by atoms with van der Waals surface area (Å²) < 4.78 is 16.6. The average Bonchev–Trinajstić information content (AvgIpc) is 2.70. The summed E-state index contributed by atoms with van der Waals surface area (Å²) in [6.07, 6.45) is -0.760. The van der Waals surface area contributed by atoms with E-state index in [0.29, 0.717) is 25.1 Å². The molecule has 3 unspecified atom stereocenters. The monoisotopic (exact) mass is 406 g/mol. The number of nitrogens with zero attached hydrogens (tertiary/aromatic N) is 1. The van der Waals surface area contributed by atoms with Crippen molar-refractivity contribution in [3.05, 3.63) is 18.2 Å². The smallest absolute Gasteiger partial charge is 0.351 e. The molecule has 29 heavy (non-hydrogen) atoms. The number of benzene rings is 1. The minimum Gasteiger partial charge on any atom is -0.508 e. The van der Waals surface area contributed by atoms with Crippen molar-refractivity contribution < 1.29 is 33.7 Å². The van der Waals surface area contributed by atoms with Crippen LogP contribution < -0.4 is 15.2 Å². The molecule has 1 aromatic carbocycles. The van der Waals surface area contributed by atoms with E-state index in [9.17, 15) is 19.5 Å². The average molecular weight is 406 g/mol. The van der Waals surface area contributed by atoms with E-state index in [1.807, 2.05) is 0 Å². The number of phenolic OH excluding ortho intramolecular Hbond substituents is 1. The molecule has 1 saturated heterocycles. The van der Waals surface area contributed by atoms with Gasteiger partial charge in [-0.2, -0.15) is 0 Å². The molecule has 9 nitrogen and oxygen atoms in total. The molecule has 0 saturated carbocycles. The minimum absolute atomic E-state index is 0.0225. The van der Waals surface area contributed by atoms with Crippen molar-refractivity contribution in [2.24, 2.45) is 17.6 Å². The molecule has 3 rings (SSSR count). The molecule has 2 heterocycles. The molecule has 0 radical (unpaired) electrons. The summed E-state index contributed by atoms with van der Waals surface area (Å²) in [4.78, 5) is 38.6. The number of carbonyl (C=O) groups excluding carboxylic acids is 3. The van der Waals surface area contributed by atoms with E-state index in [0.717, 1.165) is 0 Å². The van der Waals surface area contributed by atoms with Gasteiger partial charge in [-0.3, -0.25) is 9.59 Å². The van der Waals surface area contributed by atoms with Crippen molar-refractivity contribution >= 4 is 17.8 Å². The molecule has 3 N–H and O–H groups in total. The van der Waals surface area contributed by atoms with Gasteiger partial charge < -0.3 is 30.0 Å². The predicted octanol–water partition coefficient (Wildman–Crippen LogP) is 0.824. The van der Waals surface area contributed by atoms with Gasteiger partial charge in [0, 0.05) is 19.2 Å². The predicted molar refractivity (Wildman–Crippen MR) is 101 cm³/mol. The summed E-state index contributed by atoms with van der Waals surface area (Å²) in [5.41, 5.74) is 5.38. The first-order chi connectivity index (χ1) is 13.8. The number of phenols is 1. The fourth-order valence-corrected chi connectivity index (χ4v) is 3.44. The lowest BCUT2D eigenvalue weighted by molar-refractivity contribution is -0.171. The SMILES string of the molecule is CC(C)C(OC(=O)C1COc2ccc(O)cc2O1)C(=O)N1CCCC(C(N)=O)C1. The van der Waals surface area contributed by atoms with E-state index in [1.54, 1.807) is 13.8 Å². The van der Waals surface area contributed by atoms with Gasteiger partial charge in [-0.05, 0) is 30.9 Å². The number of likely N-dealkylation sites (tertiary alicyclic amines) is 1. The van der Waals surface area contributed by atoms with Crippen LogP contribution in [0.25, 0.3) is 0 Å². The number of carbonyl (C=O) groups is 3. The lowest BCUT2D eigenvalue weighted by atomic mass is 9.96. The number of primary amides is 1. The van der Waals surface area contributed by atoms with Crippen LogP contribution in [0.4, 0.5) is 0 Å². The van der Waals surface area contributed by atoms with E-state index < -0.39 is 30.0 Å². The molecule has 2 amide bonds. The summed E-state index contributed by atoms with van der Waals surface area (Å²) in [5.74, 6) is -1.57.